The number of ether oxygens (including phenoxy) is 1. The molecule has 0 radical (unpaired) electrons. The molecule has 0 aliphatic rings. The predicted molar refractivity (Wildman–Crippen MR) is 95.8 cm³/mol. The van der Waals surface area contributed by atoms with Gasteiger partial charge in [0.05, 0.1) is 5.52 Å². The van der Waals surface area contributed by atoms with Gasteiger partial charge in [0.2, 0.25) is 5.88 Å². The minimum absolute atomic E-state index is 0.0489. The van der Waals surface area contributed by atoms with Gasteiger partial charge in [-0.3, -0.25) is 4.79 Å². The van der Waals surface area contributed by atoms with Crippen LogP contribution in [-0.2, 0) is 11.8 Å². The lowest BCUT2D eigenvalue weighted by atomic mass is 10.2. The number of hydrogen-bond acceptors (Lipinski definition) is 4. The van der Waals surface area contributed by atoms with E-state index in [1.807, 2.05) is 25.1 Å². The molecule has 25 heavy (non-hydrogen) atoms. The third-order valence-electron chi connectivity index (χ3n) is 3.80. The second-order valence-corrected chi connectivity index (χ2v) is 5.98. The normalized spacial score (nSPS) is 11.3. The smallest absolute Gasteiger partial charge is 0.302 e. The number of amides is 1. The minimum Gasteiger partial charge on any atom is -0.493 e. The largest absolute Gasteiger partial charge is 0.493 e. The van der Waals surface area contributed by atoms with Crippen molar-refractivity contribution in [1.82, 2.24) is 4.57 Å². The number of benzene rings is 2. The van der Waals surface area contributed by atoms with E-state index in [4.69, 9.17) is 16.3 Å². The first-order chi connectivity index (χ1) is 12.0. The maximum absolute atomic E-state index is 11.9. The Morgan fingerprint density at radius 3 is 2.80 bits per heavy atom. The van der Waals surface area contributed by atoms with E-state index in [9.17, 15) is 9.90 Å². The van der Waals surface area contributed by atoms with Crippen LogP contribution < -0.4 is 4.74 Å². The lowest BCUT2D eigenvalue weighted by Gasteiger charge is -2.06. The van der Waals surface area contributed by atoms with Crippen molar-refractivity contribution in [3.63, 3.8) is 0 Å². The predicted octanol–water partition coefficient (Wildman–Crippen LogP) is 4.54. The SMILES string of the molecule is Cc1cc(Cl)ccc1OCC(=O)N=Nc1c(O)n(C)c2ccccc12. The molecule has 0 unspecified atom stereocenters. The molecule has 7 heteroatoms. The lowest BCUT2D eigenvalue weighted by molar-refractivity contribution is -0.120. The molecule has 3 aromatic rings. The maximum Gasteiger partial charge on any atom is 0.302 e. The van der Waals surface area contributed by atoms with Gasteiger partial charge >= 0.3 is 5.91 Å². The van der Waals surface area contributed by atoms with Gasteiger partial charge in [-0.1, -0.05) is 29.8 Å². The fourth-order valence-corrected chi connectivity index (χ4v) is 2.73. The monoisotopic (exact) mass is 357 g/mol. The van der Waals surface area contributed by atoms with Gasteiger partial charge in [-0.15, -0.1) is 10.2 Å². The van der Waals surface area contributed by atoms with Crippen LogP contribution in [0.1, 0.15) is 5.56 Å². The third-order valence-corrected chi connectivity index (χ3v) is 4.03. The number of nitrogens with zero attached hydrogens (tertiary/aromatic N) is 3. The molecule has 128 valence electrons. The van der Waals surface area contributed by atoms with Gasteiger partial charge in [0.15, 0.2) is 12.3 Å². The Balaban J connectivity index is 1.74. The number of carbonyl (C=O) groups is 1. The van der Waals surface area contributed by atoms with E-state index in [0.29, 0.717) is 16.2 Å². The van der Waals surface area contributed by atoms with E-state index in [1.165, 1.54) is 0 Å². The van der Waals surface area contributed by atoms with E-state index >= 15 is 0 Å². The van der Waals surface area contributed by atoms with Crippen LogP contribution in [0.4, 0.5) is 5.69 Å². The molecule has 1 amide bonds. The Kier molecular flexibility index (Phi) is 4.72. The molecular weight excluding hydrogens is 342 g/mol. The Morgan fingerprint density at radius 2 is 2.04 bits per heavy atom. The van der Waals surface area contributed by atoms with E-state index in [2.05, 4.69) is 10.2 Å². The number of carbonyl (C=O) groups excluding carboxylic acids is 1. The number of halogens is 1. The van der Waals surface area contributed by atoms with Crippen molar-refractivity contribution in [3.05, 3.63) is 53.1 Å². The molecule has 0 atom stereocenters. The van der Waals surface area contributed by atoms with Gasteiger partial charge in [-0.05, 0) is 36.8 Å². The molecule has 0 aliphatic carbocycles. The van der Waals surface area contributed by atoms with E-state index < -0.39 is 5.91 Å². The Labute approximate surface area is 149 Å². The average Bonchev–Trinajstić information content (AvgIpc) is 2.84. The summed E-state index contributed by atoms with van der Waals surface area (Å²) in [6.07, 6.45) is 0. The summed E-state index contributed by atoms with van der Waals surface area (Å²) in [6, 6.07) is 12.5. The number of aromatic nitrogens is 1. The van der Waals surface area contributed by atoms with Crippen molar-refractivity contribution in [3.8, 4) is 11.6 Å². The molecule has 0 bridgehead atoms. The van der Waals surface area contributed by atoms with Crippen LogP contribution >= 0.6 is 11.6 Å². The molecule has 1 N–H and O–H groups in total. The van der Waals surface area contributed by atoms with Gasteiger partial charge < -0.3 is 14.4 Å². The summed E-state index contributed by atoms with van der Waals surface area (Å²) in [7, 11) is 1.71. The zero-order valence-electron chi connectivity index (χ0n) is 13.7. The molecule has 0 aliphatic heterocycles. The van der Waals surface area contributed by atoms with Crippen LogP contribution in [0.3, 0.4) is 0 Å². The van der Waals surface area contributed by atoms with Crippen molar-refractivity contribution in [2.75, 3.05) is 6.61 Å². The molecule has 1 aromatic heterocycles. The number of aromatic hydroxyl groups is 1. The van der Waals surface area contributed by atoms with Gasteiger partial charge in [-0.2, -0.15) is 0 Å². The number of aryl methyl sites for hydroxylation is 2. The minimum atomic E-state index is -0.554. The summed E-state index contributed by atoms with van der Waals surface area (Å²) in [5, 5.41) is 19.0. The molecular formula is C18H16ClN3O3. The summed E-state index contributed by atoms with van der Waals surface area (Å²) in [5.74, 6) is -0.0464. The topological polar surface area (TPSA) is 76.2 Å². The first-order valence-electron chi connectivity index (χ1n) is 7.57. The Morgan fingerprint density at radius 1 is 1.28 bits per heavy atom. The summed E-state index contributed by atoms with van der Waals surface area (Å²) >= 11 is 5.88. The number of azo groups is 1. The molecule has 3 rings (SSSR count). The number of fused-ring (bicyclic) bond motifs is 1. The number of para-hydroxylation sites is 1. The Bertz CT molecular complexity index is 979. The average molecular weight is 358 g/mol. The number of rotatable bonds is 4. The van der Waals surface area contributed by atoms with Crippen LogP contribution in [0.5, 0.6) is 11.6 Å². The molecule has 1 heterocycles. The highest BCUT2D eigenvalue weighted by atomic mass is 35.5. The molecule has 2 aromatic carbocycles. The van der Waals surface area contributed by atoms with Crippen LogP contribution in [0.2, 0.25) is 5.02 Å². The molecule has 0 saturated heterocycles. The van der Waals surface area contributed by atoms with E-state index in [1.54, 1.807) is 35.9 Å². The highest BCUT2D eigenvalue weighted by Crippen LogP contribution is 2.37. The summed E-state index contributed by atoms with van der Waals surface area (Å²) in [5.41, 5.74) is 1.88. The van der Waals surface area contributed by atoms with Crippen LogP contribution in [-0.4, -0.2) is 22.2 Å². The first kappa shape index (κ1) is 17.0. The fraction of sp³-hybridized carbons (Fsp3) is 0.167. The second kappa shape index (κ2) is 6.94. The second-order valence-electron chi connectivity index (χ2n) is 5.54. The van der Waals surface area contributed by atoms with E-state index in [0.717, 1.165) is 11.1 Å². The quantitative estimate of drug-likeness (QED) is 0.696. The fourth-order valence-electron chi connectivity index (χ4n) is 2.51. The van der Waals surface area contributed by atoms with Gasteiger partial charge in [0.25, 0.3) is 0 Å². The third kappa shape index (κ3) is 3.49. The van der Waals surface area contributed by atoms with Crippen molar-refractivity contribution in [2.45, 2.75) is 6.92 Å². The standard InChI is InChI=1S/C18H16ClN3O3/c1-11-9-12(19)7-8-15(11)25-10-16(23)20-21-17-13-5-3-4-6-14(13)22(2)18(17)24/h3-9,24H,10H2,1-2H3. The number of hydrogen-bond donors (Lipinski definition) is 1. The summed E-state index contributed by atoms with van der Waals surface area (Å²) in [4.78, 5) is 11.9. The zero-order valence-corrected chi connectivity index (χ0v) is 14.5. The summed E-state index contributed by atoms with van der Waals surface area (Å²) in [6.45, 7) is 1.58. The first-order valence-corrected chi connectivity index (χ1v) is 7.95. The molecule has 0 saturated carbocycles. The van der Waals surface area contributed by atoms with Crippen LogP contribution in [0.15, 0.2) is 52.7 Å². The maximum atomic E-state index is 11.9. The van der Waals surface area contributed by atoms with Gasteiger partial charge in [0.1, 0.15) is 5.75 Å². The van der Waals surface area contributed by atoms with E-state index in [-0.39, 0.29) is 18.2 Å². The highest BCUT2D eigenvalue weighted by Gasteiger charge is 2.14. The zero-order chi connectivity index (χ0) is 18.0. The van der Waals surface area contributed by atoms with Crippen molar-refractivity contribution in [1.29, 1.82) is 0 Å². The van der Waals surface area contributed by atoms with Crippen LogP contribution in [0.25, 0.3) is 10.9 Å². The van der Waals surface area contributed by atoms with Crippen molar-refractivity contribution >= 4 is 34.1 Å². The van der Waals surface area contributed by atoms with Crippen LogP contribution in [0, 0.1) is 6.92 Å². The Hall–Kier alpha value is -2.86. The summed E-state index contributed by atoms with van der Waals surface area (Å²) < 4.78 is 7.02. The van der Waals surface area contributed by atoms with Crippen molar-refractivity contribution in [2.24, 2.45) is 17.3 Å². The highest BCUT2D eigenvalue weighted by molar-refractivity contribution is 6.30. The van der Waals surface area contributed by atoms with Gasteiger partial charge in [-0.25, -0.2) is 0 Å². The molecule has 0 fully saturated rings. The molecule has 6 nitrogen and oxygen atoms in total. The van der Waals surface area contributed by atoms with Crippen molar-refractivity contribution < 1.29 is 14.6 Å². The van der Waals surface area contributed by atoms with Gasteiger partial charge in [0, 0.05) is 17.5 Å². The lowest BCUT2D eigenvalue weighted by Crippen LogP contribution is -2.08. The molecule has 0 spiro atoms.